The summed E-state index contributed by atoms with van der Waals surface area (Å²) in [6.45, 7) is 0.672. The topological polar surface area (TPSA) is 47.0 Å². The fourth-order valence-electron chi connectivity index (χ4n) is 7.40. The van der Waals surface area contributed by atoms with Crippen LogP contribution in [0.2, 0.25) is 0 Å². The Bertz CT molecular complexity index is 2490. The molecule has 0 fully saturated rings. The van der Waals surface area contributed by atoms with Gasteiger partial charge in [0.2, 0.25) is 5.51 Å². The van der Waals surface area contributed by atoms with Crippen molar-refractivity contribution in [1.29, 1.82) is 0 Å². The molecule has 5 aromatic carbocycles. The lowest BCUT2D eigenvalue weighted by Crippen LogP contribution is -2.75. The molecule has 388 valence electrons. The van der Waals surface area contributed by atoms with E-state index in [1.807, 2.05) is 27.7 Å². The number of nitrogens with zero attached hydrogens (tertiary/aromatic N) is 2. The summed E-state index contributed by atoms with van der Waals surface area (Å²) >= 11 is 1.60. The zero-order valence-corrected chi connectivity index (χ0v) is 35.3. The quantitative estimate of drug-likeness (QED) is 0.0526. The van der Waals surface area contributed by atoms with E-state index in [2.05, 4.69) is 0 Å². The van der Waals surface area contributed by atoms with E-state index >= 15 is 0 Å². The van der Waals surface area contributed by atoms with Crippen molar-refractivity contribution < 1.29 is 115 Å². The van der Waals surface area contributed by atoms with E-state index in [9.17, 15) is 115 Å². The Kier molecular flexibility index (Phi) is 15.0. The van der Waals surface area contributed by atoms with E-state index in [4.69, 9.17) is 0 Å². The predicted octanol–water partition coefficient (Wildman–Crippen LogP) is 13.2. The fraction of sp³-hybridized carbons (Fsp3) is 0.214. The highest BCUT2D eigenvalue weighted by molar-refractivity contribution is 7.20. The summed E-state index contributed by atoms with van der Waals surface area (Å²) in [7, 11) is 0. The first kappa shape index (κ1) is 56.4. The van der Waals surface area contributed by atoms with Crippen LogP contribution in [-0.2, 0) is 56.0 Å². The van der Waals surface area contributed by atoms with Gasteiger partial charge in [0.25, 0.3) is 5.69 Å². The van der Waals surface area contributed by atoms with Gasteiger partial charge in [0, 0.05) is 17.7 Å². The van der Waals surface area contributed by atoms with Crippen LogP contribution in [-0.4, -0.2) is 11.1 Å². The predicted molar refractivity (Wildman–Crippen MR) is 207 cm³/mol. The molecule has 0 N–H and O–H groups in total. The van der Waals surface area contributed by atoms with Gasteiger partial charge in [-0.05, 0) is 24.3 Å². The van der Waals surface area contributed by atoms with Crippen LogP contribution in [0.15, 0.2) is 114 Å². The van der Waals surface area contributed by atoms with Gasteiger partial charge in [-0.25, -0.2) is 0 Å². The van der Waals surface area contributed by atoms with E-state index in [0.717, 1.165) is 5.56 Å². The van der Waals surface area contributed by atoms with Gasteiger partial charge in [0.05, 0.1) is 54.8 Å². The Morgan fingerprint density at radius 2 is 0.681 bits per heavy atom. The van der Waals surface area contributed by atoms with Gasteiger partial charge in [-0.2, -0.15) is 132 Å². The molecule has 1 aromatic heterocycles. The van der Waals surface area contributed by atoms with Crippen LogP contribution in [0, 0.1) is 10.1 Å². The standard InChI is InChI=1S/C32H12BF24.C10H9N2O2S/c34-25(35,36)13-1-14(26(37,38)39)6-21(5-13)33(22-7-15(27(40,41)42)2-16(8-22)28(43,44)45,23-9-17(29(46,47)48)3-18(10-23)30(49,50)51)24-11-19(31(52,53)54)4-20(12-24)32(55,56)57;13-12(14)10-3-1-2-9(6-10)7-11-4-5-15-8-11/h1-12H;1-6,8H,7H2/q-1;+1. The molecule has 72 heavy (non-hydrogen) atoms. The van der Waals surface area contributed by atoms with Gasteiger partial charge in [-0.15, -0.1) is 0 Å². The number of hydrogen-bond acceptors (Lipinski definition) is 3. The van der Waals surface area contributed by atoms with Gasteiger partial charge in [0.15, 0.2) is 12.7 Å². The molecule has 0 aliphatic heterocycles. The summed E-state index contributed by atoms with van der Waals surface area (Å²) in [5, 5.41) is 12.5. The van der Waals surface area contributed by atoms with Crippen molar-refractivity contribution >= 4 is 45.0 Å². The van der Waals surface area contributed by atoms with Crippen LogP contribution in [0.3, 0.4) is 0 Å². The number of nitro benzene ring substituents is 1. The van der Waals surface area contributed by atoms with Gasteiger partial charge >= 0.3 is 49.4 Å². The van der Waals surface area contributed by atoms with Crippen LogP contribution in [0.25, 0.3) is 0 Å². The maximum Gasteiger partial charge on any atom is 0.416 e. The van der Waals surface area contributed by atoms with Crippen LogP contribution in [0.4, 0.5) is 111 Å². The number of benzene rings is 5. The third-order valence-corrected chi connectivity index (χ3v) is 11.1. The maximum atomic E-state index is 14.2. The first-order valence-corrected chi connectivity index (χ1v) is 20.0. The summed E-state index contributed by atoms with van der Waals surface area (Å²) in [5.74, 6) is 0. The van der Waals surface area contributed by atoms with Crippen molar-refractivity contribution in [2.45, 2.75) is 56.0 Å². The monoisotopic (exact) mass is 1080 g/mol. The Morgan fingerprint density at radius 3 is 0.889 bits per heavy atom. The smallest absolute Gasteiger partial charge is 0.258 e. The van der Waals surface area contributed by atoms with Crippen molar-refractivity contribution in [3.63, 3.8) is 0 Å². The van der Waals surface area contributed by atoms with Crippen molar-refractivity contribution in [2.75, 3.05) is 0 Å². The summed E-state index contributed by atoms with van der Waals surface area (Å²) in [6.07, 6.45) is -52.9. The minimum Gasteiger partial charge on any atom is -0.258 e. The summed E-state index contributed by atoms with van der Waals surface area (Å²) in [6, 6.07) is -2.11. The van der Waals surface area contributed by atoms with E-state index in [0.29, 0.717) is 6.54 Å². The molecular formula is C42H21BF24N2O2S. The Balaban J connectivity index is 0.000000542. The normalized spacial score (nSPS) is 13.4. The number of rotatable bonds is 7. The molecule has 6 aromatic rings. The second-order valence-corrected chi connectivity index (χ2v) is 16.1. The minimum absolute atomic E-state index is 0.142. The second kappa shape index (κ2) is 19.2. The summed E-state index contributed by atoms with van der Waals surface area (Å²) in [4.78, 5) is 10.2. The van der Waals surface area contributed by atoms with Gasteiger partial charge < -0.3 is 0 Å². The van der Waals surface area contributed by atoms with Crippen molar-refractivity contribution in [1.82, 2.24) is 0 Å². The third-order valence-electron chi connectivity index (χ3n) is 10.5. The maximum absolute atomic E-state index is 14.2. The lowest BCUT2D eigenvalue weighted by molar-refractivity contribution is -0.683. The van der Waals surface area contributed by atoms with Gasteiger partial charge in [-0.1, -0.05) is 72.0 Å². The molecule has 0 atom stereocenters. The molecule has 0 bridgehead atoms. The first-order valence-electron chi connectivity index (χ1n) is 19.0. The van der Waals surface area contributed by atoms with E-state index in [1.165, 1.54) is 6.07 Å². The largest absolute Gasteiger partial charge is 0.416 e. The molecule has 0 amide bonds. The molecule has 1 heterocycles. The molecule has 30 heteroatoms. The summed E-state index contributed by atoms with van der Waals surface area (Å²) < 4.78 is 343. The molecule has 0 unspecified atom stereocenters. The highest BCUT2D eigenvalue weighted by atomic mass is 32.1. The molecule has 0 aliphatic rings. The number of non-ortho nitro benzene ring substituents is 1. The molecule has 0 spiro atoms. The second-order valence-electron chi connectivity index (χ2n) is 15.3. The number of halogens is 24. The van der Waals surface area contributed by atoms with Crippen molar-refractivity contribution in [3.05, 3.63) is 174 Å². The molecule has 6 rings (SSSR count). The van der Waals surface area contributed by atoms with Crippen LogP contribution in [0.1, 0.15) is 50.1 Å². The van der Waals surface area contributed by atoms with Crippen molar-refractivity contribution in [2.24, 2.45) is 0 Å². The first-order chi connectivity index (χ1) is 32.5. The van der Waals surface area contributed by atoms with Crippen LogP contribution in [0.5, 0.6) is 0 Å². The van der Waals surface area contributed by atoms with E-state index in [1.54, 1.807) is 23.5 Å². The van der Waals surface area contributed by atoms with Crippen LogP contribution >= 0.6 is 11.3 Å². The van der Waals surface area contributed by atoms with Gasteiger partial charge in [-0.3, -0.25) is 10.1 Å². The third kappa shape index (κ3) is 12.9. The minimum atomic E-state index is -6.13. The fourth-order valence-corrected chi connectivity index (χ4v) is 8.00. The SMILES string of the molecule is FC(F)(F)c1cc([B-](c2cc(C(F)(F)F)cc(C(F)(F)F)c2)(c2cc(C(F)(F)F)cc(C(F)(F)F)c2)c2cc(C(F)(F)F)cc(C(F)(F)F)c2)cc(C(F)(F)F)c1.O=[N+]([O-])c1cccc(C[n+]2ccsc2)c1. The zero-order chi connectivity index (χ0) is 54.6. The molecule has 0 saturated heterocycles. The summed E-state index contributed by atoms with van der Waals surface area (Å²) in [5.41, 5.74) is -27.2. The van der Waals surface area contributed by atoms with E-state index < -0.39 is 195 Å². The Morgan fingerprint density at radius 1 is 0.417 bits per heavy atom. The lowest BCUT2D eigenvalue weighted by atomic mass is 9.12. The van der Waals surface area contributed by atoms with Crippen molar-refractivity contribution in [3.8, 4) is 0 Å². The zero-order valence-electron chi connectivity index (χ0n) is 34.4. The number of alkyl halides is 24. The average Bonchev–Trinajstić information content (AvgIpc) is 3.74. The molecule has 4 nitrogen and oxygen atoms in total. The average molecular weight is 1080 g/mol. The van der Waals surface area contributed by atoms with E-state index in [-0.39, 0.29) is 10.6 Å². The highest BCUT2D eigenvalue weighted by Crippen LogP contribution is 2.41. The number of hydrogen-bond donors (Lipinski definition) is 0. The molecule has 0 aliphatic carbocycles. The Labute approximate surface area is 389 Å². The highest BCUT2D eigenvalue weighted by Gasteiger charge is 2.47. The number of nitro groups is 1. The molecule has 0 radical (unpaired) electrons. The Hall–Kier alpha value is -6.49. The number of aromatic nitrogens is 1. The lowest BCUT2D eigenvalue weighted by Gasteiger charge is -2.46. The van der Waals surface area contributed by atoms with Gasteiger partial charge in [0.1, 0.15) is 6.15 Å². The van der Waals surface area contributed by atoms with Crippen LogP contribution < -0.4 is 26.4 Å². The number of thiazole rings is 1. The molecular weight excluding hydrogens is 1060 g/mol. The molecule has 0 saturated carbocycles.